The van der Waals surface area contributed by atoms with E-state index >= 15 is 0 Å². The van der Waals surface area contributed by atoms with Gasteiger partial charge in [-0.05, 0) is 44.4 Å². The van der Waals surface area contributed by atoms with Crippen LogP contribution in [0.15, 0.2) is 0 Å². The molecule has 3 heteroatoms. The molecule has 3 aliphatic heterocycles. The van der Waals surface area contributed by atoms with Crippen molar-refractivity contribution in [2.75, 3.05) is 13.2 Å². The zero-order chi connectivity index (χ0) is 11.7. The van der Waals surface area contributed by atoms with Crippen molar-refractivity contribution in [1.82, 2.24) is 5.32 Å². The second kappa shape index (κ2) is 5.07. The van der Waals surface area contributed by atoms with Crippen molar-refractivity contribution in [2.24, 2.45) is 11.8 Å². The number of hydrogen-bond donors (Lipinski definition) is 1. The third kappa shape index (κ3) is 2.71. The number of carbonyl (C=O) groups is 1. The van der Waals surface area contributed by atoms with Gasteiger partial charge in [0.25, 0.3) is 0 Å². The molecule has 2 atom stereocenters. The van der Waals surface area contributed by atoms with Gasteiger partial charge < -0.3 is 10.1 Å². The molecule has 1 N–H and O–H groups in total. The van der Waals surface area contributed by atoms with Gasteiger partial charge in [-0.2, -0.15) is 0 Å². The first-order valence-electron chi connectivity index (χ1n) is 7.18. The predicted octanol–water partition coefficient (Wildman–Crippen LogP) is 1.90. The molecule has 3 fully saturated rings. The molecular weight excluding hydrogens is 214 g/mol. The molecule has 0 aromatic heterocycles. The van der Waals surface area contributed by atoms with Gasteiger partial charge in [0.15, 0.2) is 0 Å². The Balaban J connectivity index is 1.50. The largest absolute Gasteiger partial charge is 0.381 e. The lowest BCUT2D eigenvalue weighted by atomic mass is 9.83. The fourth-order valence-corrected chi connectivity index (χ4v) is 3.81. The molecule has 3 saturated heterocycles. The second-order valence-electron chi connectivity index (χ2n) is 6.03. The molecule has 0 spiro atoms. The Bertz CT molecular complexity index is 274. The van der Waals surface area contributed by atoms with Crippen LogP contribution in [0.4, 0.5) is 0 Å². The lowest BCUT2D eigenvalue weighted by molar-refractivity contribution is -0.126. The van der Waals surface area contributed by atoms with Crippen molar-refractivity contribution in [3.8, 4) is 0 Å². The van der Waals surface area contributed by atoms with E-state index < -0.39 is 0 Å². The number of ether oxygens (including phenoxy) is 1. The zero-order valence-electron chi connectivity index (χ0n) is 10.5. The van der Waals surface area contributed by atoms with Crippen LogP contribution in [0.25, 0.3) is 0 Å². The van der Waals surface area contributed by atoms with Gasteiger partial charge in [0, 0.05) is 37.6 Å². The average Bonchev–Trinajstić information content (AvgIpc) is 2.70. The van der Waals surface area contributed by atoms with Crippen LogP contribution in [0.5, 0.6) is 0 Å². The van der Waals surface area contributed by atoms with Crippen molar-refractivity contribution in [3.05, 3.63) is 0 Å². The Morgan fingerprint density at radius 3 is 2.35 bits per heavy atom. The van der Waals surface area contributed by atoms with E-state index in [0.717, 1.165) is 32.5 Å². The lowest BCUT2D eigenvalue weighted by Gasteiger charge is -2.30. The molecule has 2 bridgehead atoms. The smallest absolute Gasteiger partial charge is 0.136 e. The summed E-state index contributed by atoms with van der Waals surface area (Å²) in [6.07, 6.45) is 7.85. The van der Waals surface area contributed by atoms with Crippen molar-refractivity contribution in [2.45, 2.75) is 57.0 Å². The molecule has 0 amide bonds. The van der Waals surface area contributed by atoms with E-state index in [2.05, 4.69) is 5.32 Å². The summed E-state index contributed by atoms with van der Waals surface area (Å²) in [7, 11) is 0. The number of piperidine rings is 1. The Labute approximate surface area is 103 Å². The van der Waals surface area contributed by atoms with Gasteiger partial charge in [-0.3, -0.25) is 4.79 Å². The van der Waals surface area contributed by atoms with Crippen LogP contribution in [-0.4, -0.2) is 31.1 Å². The number of carbonyl (C=O) groups excluding carboxylic acids is 1. The van der Waals surface area contributed by atoms with Crippen LogP contribution in [0.3, 0.4) is 0 Å². The maximum atomic E-state index is 12.2. The van der Waals surface area contributed by atoms with Crippen LogP contribution in [0, 0.1) is 11.8 Å². The monoisotopic (exact) mass is 237 g/mol. The summed E-state index contributed by atoms with van der Waals surface area (Å²) < 4.78 is 5.32. The average molecular weight is 237 g/mol. The van der Waals surface area contributed by atoms with E-state index in [0.29, 0.717) is 29.7 Å². The molecule has 3 heterocycles. The van der Waals surface area contributed by atoms with Gasteiger partial charge in [-0.1, -0.05) is 0 Å². The Hall–Kier alpha value is -0.410. The van der Waals surface area contributed by atoms with Gasteiger partial charge in [-0.25, -0.2) is 0 Å². The highest BCUT2D eigenvalue weighted by atomic mass is 16.5. The topological polar surface area (TPSA) is 38.3 Å². The van der Waals surface area contributed by atoms with Crippen LogP contribution in [-0.2, 0) is 9.53 Å². The van der Waals surface area contributed by atoms with Gasteiger partial charge >= 0.3 is 0 Å². The van der Waals surface area contributed by atoms with Crippen LogP contribution in [0.2, 0.25) is 0 Å². The lowest BCUT2D eigenvalue weighted by Crippen LogP contribution is -2.39. The van der Waals surface area contributed by atoms with Gasteiger partial charge in [0.2, 0.25) is 0 Å². The van der Waals surface area contributed by atoms with Gasteiger partial charge in [0.05, 0.1) is 0 Å². The summed E-state index contributed by atoms with van der Waals surface area (Å²) in [5.74, 6) is 1.47. The molecule has 3 aliphatic rings. The van der Waals surface area contributed by atoms with Gasteiger partial charge in [-0.15, -0.1) is 0 Å². The van der Waals surface area contributed by atoms with Crippen molar-refractivity contribution < 1.29 is 9.53 Å². The Morgan fingerprint density at radius 1 is 1.06 bits per heavy atom. The van der Waals surface area contributed by atoms with Crippen LogP contribution >= 0.6 is 0 Å². The SMILES string of the molecule is O=C(CC1CC2CCC(C1)N2)C1CCOCC1. The summed E-state index contributed by atoms with van der Waals surface area (Å²) in [5, 5.41) is 3.64. The maximum Gasteiger partial charge on any atom is 0.136 e. The maximum absolute atomic E-state index is 12.2. The summed E-state index contributed by atoms with van der Waals surface area (Å²) >= 11 is 0. The third-order valence-corrected chi connectivity index (χ3v) is 4.74. The highest BCUT2D eigenvalue weighted by Gasteiger charge is 2.35. The molecule has 96 valence electrons. The van der Waals surface area contributed by atoms with E-state index in [1.807, 2.05) is 0 Å². The van der Waals surface area contributed by atoms with E-state index in [9.17, 15) is 4.79 Å². The third-order valence-electron chi connectivity index (χ3n) is 4.74. The first kappa shape index (κ1) is 11.7. The quantitative estimate of drug-likeness (QED) is 0.815. The van der Waals surface area contributed by atoms with Crippen molar-refractivity contribution >= 4 is 5.78 Å². The van der Waals surface area contributed by atoms with E-state index in [-0.39, 0.29) is 0 Å². The summed E-state index contributed by atoms with van der Waals surface area (Å²) in [5.41, 5.74) is 0. The number of fused-ring (bicyclic) bond motifs is 2. The predicted molar refractivity (Wildman–Crippen MR) is 65.8 cm³/mol. The van der Waals surface area contributed by atoms with E-state index in [1.165, 1.54) is 25.7 Å². The minimum Gasteiger partial charge on any atom is -0.381 e. The van der Waals surface area contributed by atoms with E-state index in [1.54, 1.807) is 0 Å². The zero-order valence-corrected chi connectivity index (χ0v) is 10.5. The van der Waals surface area contributed by atoms with Crippen LogP contribution in [0.1, 0.15) is 44.9 Å². The highest BCUT2D eigenvalue weighted by molar-refractivity contribution is 5.81. The molecule has 0 aliphatic carbocycles. The molecule has 2 unspecified atom stereocenters. The summed E-state index contributed by atoms with van der Waals surface area (Å²) in [6, 6.07) is 1.42. The number of Topliss-reactive ketones (excluding diaryl/α,β-unsaturated/α-hetero) is 1. The normalized spacial score (nSPS) is 38.2. The second-order valence-corrected chi connectivity index (χ2v) is 6.03. The minimum absolute atomic E-state index is 0.302. The Morgan fingerprint density at radius 2 is 1.71 bits per heavy atom. The summed E-state index contributed by atoms with van der Waals surface area (Å²) in [4.78, 5) is 12.2. The van der Waals surface area contributed by atoms with Crippen LogP contribution < -0.4 is 5.32 Å². The molecule has 3 nitrogen and oxygen atoms in total. The minimum atomic E-state index is 0.302. The molecule has 0 aromatic carbocycles. The van der Waals surface area contributed by atoms with Crippen molar-refractivity contribution in [1.29, 1.82) is 0 Å². The van der Waals surface area contributed by atoms with Crippen molar-refractivity contribution in [3.63, 3.8) is 0 Å². The molecule has 0 aromatic rings. The number of ketones is 1. The number of nitrogens with one attached hydrogen (secondary N) is 1. The first-order chi connectivity index (χ1) is 8.31. The molecule has 0 saturated carbocycles. The molecular formula is C14H23NO2. The molecule has 0 radical (unpaired) electrons. The molecule has 17 heavy (non-hydrogen) atoms. The standard InChI is InChI=1S/C14H23NO2/c16-14(11-3-5-17-6-4-11)9-10-7-12-1-2-13(8-10)15-12/h10-13,15H,1-9H2. The van der Waals surface area contributed by atoms with Gasteiger partial charge in [0.1, 0.15) is 5.78 Å². The number of rotatable bonds is 3. The fourth-order valence-electron chi connectivity index (χ4n) is 3.81. The number of hydrogen-bond acceptors (Lipinski definition) is 3. The molecule has 3 rings (SSSR count). The summed E-state index contributed by atoms with van der Waals surface area (Å²) in [6.45, 7) is 1.57. The van der Waals surface area contributed by atoms with E-state index in [4.69, 9.17) is 4.74 Å². The highest BCUT2D eigenvalue weighted by Crippen LogP contribution is 2.34. The first-order valence-corrected chi connectivity index (χ1v) is 7.18. The Kier molecular flexibility index (Phi) is 3.48. The fraction of sp³-hybridized carbons (Fsp3) is 0.929.